The number of benzene rings is 1. The van der Waals surface area contributed by atoms with Crippen LogP contribution in [-0.2, 0) is 6.42 Å². The Balaban J connectivity index is 2.18. The first-order valence-electron chi connectivity index (χ1n) is 5.12. The van der Waals surface area contributed by atoms with Crippen LogP contribution in [0.4, 0.5) is 8.78 Å². The summed E-state index contributed by atoms with van der Waals surface area (Å²) in [5.41, 5.74) is 1.66. The van der Waals surface area contributed by atoms with Crippen LogP contribution < -0.4 is 0 Å². The van der Waals surface area contributed by atoms with Crippen molar-refractivity contribution in [1.29, 1.82) is 0 Å². The number of aromatic nitrogens is 1. The molecule has 0 aliphatic heterocycles. The molecule has 1 nitrogen and oxygen atoms in total. The molecule has 17 heavy (non-hydrogen) atoms. The van der Waals surface area contributed by atoms with Gasteiger partial charge in [0, 0.05) is 11.2 Å². The van der Waals surface area contributed by atoms with Gasteiger partial charge in [-0.2, -0.15) is 0 Å². The van der Waals surface area contributed by atoms with Crippen LogP contribution in [0.2, 0.25) is 5.02 Å². The third-order valence-corrected chi connectivity index (χ3v) is 2.64. The maximum Gasteiger partial charge on any atom is 0.280 e. The van der Waals surface area contributed by atoms with E-state index in [2.05, 4.69) is 4.98 Å². The Labute approximate surface area is 103 Å². The molecule has 0 spiro atoms. The summed E-state index contributed by atoms with van der Waals surface area (Å²) in [6.45, 7) is 0. The van der Waals surface area contributed by atoms with Crippen LogP contribution in [0.1, 0.15) is 23.2 Å². The fourth-order valence-corrected chi connectivity index (χ4v) is 1.69. The van der Waals surface area contributed by atoms with E-state index in [4.69, 9.17) is 11.6 Å². The molecule has 0 unspecified atom stereocenters. The van der Waals surface area contributed by atoms with Gasteiger partial charge in [0.05, 0.1) is 0 Å². The van der Waals surface area contributed by atoms with Crippen LogP contribution in [0.3, 0.4) is 0 Å². The Morgan fingerprint density at radius 2 is 1.76 bits per heavy atom. The molecule has 88 valence electrons. The van der Waals surface area contributed by atoms with E-state index in [0.717, 1.165) is 11.1 Å². The summed E-state index contributed by atoms with van der Waals surface area (Å²) < 4.78 is 24.9. The van der Waals surface area contributed by atoms with Crippen molar-refractivity contribution in [2.24, 2.45) is 0 Å². The van der Waals surface area contributed by atoms with Crippen LogP contribution in [0.5, 0.6) is 0 Å². The van der Waals surface area contributed by atoms with E-state index in [1.807, 2.05) is 12.1 Å². The topological polar surface area (TPSA) is 12.9 Å². The molecule has 0 saturated carbocycles. The maximum atomic E-state index is 12.5. The molecule has 0 saturated heterocycles. The standard InChI is InChI=1S/C13H10ClF2N/c14-11-3-1-9(2-4-11)7-10-5-6-17-12(8-10)13(15)16/h1-6,8,13H,7H2. The highest BCUT2D eigenvalue weighted by molar-refractivity contribution is 6.30. The lowest BCUT2D eigenvalue weighted by molar-refractivity contribution is 0.146. The van der Waals surface area contributed by atoms with E-state index in [9.17, 15) is 8.78 Å². The van der Waals surface area contributed by atoms with Crippen LogP contribution in [-0.4, -0.2) is 4.98 Å². The monoisotopic (exact) mass is 253 g/mol. The van der Waals surface area contributed by atoms with Crippen LogP contribution in [0, 0.1) is 0 Å². The molecule has 0 amide bonds. The summed E-state index contributed by atoms with van der Waals surface area (Å²) in [6, 6.07) is 10.5. The Hall–Kier alpha value is -1.48. The summed E-state index contributed by atoms with van der Waals surface area (Å²) in [5, 5.41) is 0.664. The smallest absolute Gasteiger partial charge is 0.255 e. The molecule has 1 aromatic carbocycles. The lowest BCUT2D eigenvalue weighted by Crippen LogP contribution is -1.94. The van der Waals surface area contributed by atoms with Gasteiger partial charge in [-0.05, 0) is 41.8 Å². The highest BCUT2D eigenvalue weighted by Crippen LogP contribution is 2.19. The van der Waals surface area contributed by atoms with Crippen molar-refractivity contribution in [3.8, 4) is 0 Å². The molecule has 0 fully saturated rings. The minimum atomic E-state index is -2.53. The molecule has 2 aromatic rings. The molecule has 1 heterocycles. The molecular weight excluding hydrogens is 244 g/mol. The largest absolute Gasteiger partial charge is 0.280 e. The minimum Gasteiger partial charge on any atom is -0.255 e. The number of halogens is 3. The van der Waals surface area contributed by atoms with Gasteiger partial charge in [-0.15, -0.1) is 0 Å². The molecule has 4 heteroatoms. The van der Waals surface area contributed by atoms with Gasteiger partial charge in [0.1, 0.15) is 5.69 Å². The number of pyridine rings is 1. The van der Waals surface area contributed by atoms with Crippen LogP contribution in [0.25, 0.3) is 0 Å². The van der Waals surface area contributed by atoms with Gasteiger partial charge in [0.2, 0.25) is 0 Å². The predicted molar refractivity (Wildman–Crippen MR) is 63.5 cm³/mol. The first-order valence-corrected chi connectivity index (χ1v) is 5.50. The van der Waals surface area contributed by atoms with Crippen molar-refractivity contribution in [3.05, 3.63) is 64.4 Å². The Bertz CT molecular complexity index is 497. The van der Waals surface area contributed by atoms with E-state index in [-0.39, 0.29) is 5.69 Å². The van der Waals surface area contributed by atoms with E-state index < -0.39 is 6.43 Å². The average Bonchev–Trinajstić information content (AvgIpc) is 2.32. The predicted octanol–water partition coefficient (Wildman–Crippen LogP) is 4.26. The number of alkyl halides is 2. The Morgan fingerprint density at radius 3 is 2.41 bits per heavy atom. The lowest BCUT2D eigenvalue weighted by atomic mass is 10.1. The number of hydrogen-bond donors (Lipinski definition) is 0. The van der Waals surface area contributed by atoms with Crippen molar-refractivity contribution in [2.45, 2.75) is 12.8 Å². The third kappa shape index (κ3) is 3.24. The second kappa shape index (κ2) is 5.23. The summed E-state index contributed by atoms with van der Waals surface area (Å²) in [7, 11) is 0. The van der Waals surface area contributed by atoms with Crippen molar-refractivity contribution in [3.63, 3.8) is 0 Å². The first kappa shape index (κ1) is 12.0. The molecule has 0 radical (unpaired) electrons. The van der Waals surface area contributed by atoms with Gasteiger partial charge < -0.3 is 0 Å². The first-order chi connectivity index (χ1) is 8.15. The Kier molecular flexibility index (Phi) is 3.69. The van der Waals surface area contributed by atoms with Gasteiger partial charge in [-0.1, -0.05) is 23.7 Å². The van der Waals surface area contributed by atoms with Crippen molar-refractivity contribution < 1.29 is 8.78 Å². The SMILES string of the molecule is FC(F)c1cc(Cc2ccc(Cl)cc2)ccn1. The fourth-order valence-electron chi connectivity index (χ4n) is 1.56. The minimum absolute atomic E-state index is 0.184. The normalized spacial score (nSPS) is 10.8. The summed E-state index contributed by atoms with van der Waals surface area (Å²) in [5.74, 6) is 0. The molecule has 2 rings (SSSR count). The highest BCUT2D eigenvalue weighted by atomic mass is 35.5. The van der Waals surface area contributed by atoms with Gasteiger partial charge in [0.25, 0.3) is 6.43 Å². The van der Waals surface area contributed by atoms with Crippen molar-refractivity contribution in [1.82, 2.24) is 4.98 Å². The van der Waals surface area contributed by atoms with Crippen molar-refractivity contribution in [2.75, 3.05) is 0 Å². The number of nitrogens with zero attached hydrogens (tertiary/aromatic N) is 1. The van der Waals surface area contributed by atoms with Gasteiger partial charge in [-0.25, -0.2) is 8.78 Å². The molecule has 1 aromatic heterocycles. The average molecular weight is 254 g/mol. The molecule has 0 aliphatic carbocycles. The quantitative estimate of drug-likeness (QED) is 0.796. The van der Waals surface area contributed by atoms with E-state index >= 15 is 0 Å². The Morgan fingerprint density at radius 1 is 1.06 bits per heavy atom. The second-order valence-electron chi connectivity index (χ2n) is 3.69. The van der Waals surface area contributed by atoms with E-state index in [1.54, 1.807) is 18.2 Å². The van der Waals surface area contributed by atoms with Gasteiger partial charge >= 0.3 is 0 Å². The molecule has 0 bridgehead atoms. The number of hydrogen-bond acceptors (Lipinski definition) is 1. The summed E-state index contributed by atoms with van der Waals surface area (Å²) >= 11 is 5.77. The lowest BCUT2D eigenvalue weighted by Gasteiger charge is -2.04. The molecular formula is C13H10ClF2N. The van der Waals surface area contributed by atoms with Crippen LogP contribution >= 0.6 is 11.6 Å². The van der Waals surface area contributed by atoms with Crippen molar-refractivity contribution >= 4 is 11.6 Å². The fraction of sp³-hybridized carbons (Fsp3) is 0.154. The van der Waals surface area contributed by atoms with E-state index in [1.165, 1.54) is 12.3 Å². The zero-order chi connectivity index (χ0) is 12.3. The highest BCUT2D eigenvalue weighted by Gasteiger charge is 2.08. The maximum absolute atomic E-state index is 12.5. The van der Waals surface area contributed by atoms with E-state index in [0.29, 0.717) is 11.4 Å². The van der Waals surface area contributed by atoms with Crippen LogP contribution in [0.15, 0.2) is 42.6 Å². The zero-order valence-electron chi connectivity index (χ0n) is 8.91. The zero-order valence-corrected chi connectivity index (χ0v) is 9.66. The summed E-state index contributed by atoms with van der Waals surface area (Å²) in [4.78, 5) is 3.62. The third-order valence-electron chi connectivity index (χ3n) is 2.39. The number of rotatable bonds is 3. The second-order valence-corrected chi connectivity index (χ2v) is 4.13. The molecule has 0 atom stereocenters. The molecule has 0 N–H and O–H groups in total. The van der Waals surface area contributed by atoms with Gasteiger partial charge in [-0.3, -0.25) is 4.98 Å². The van der Waals surface area contributed by atoms with Gasteiger partial charge in [0.15, 0.2) is 0 Å². The summed E-state index contributed by atoms with van der Waals surface area (Å²) in [6.07, 6.45) is -0.522. The molecule has 0 aliphatic rings.